The first-order chi connectivity index (χ1) is 13.9. The van der Waals surface area contributed by atoms with E-state index < -0.39 is 12.2 Å². The summed E-state index contributed by atoms with van der Waals surface area (Å²) < 4.78 is 7.50. The second-order valence-corrected chi connectivity index (χ2v) is 8.04. The molecule has 1 saturated carbocycles. The van der Waals surface area contributed by atoms with Crippen LogP contribution in [0.25, 0.3) is 11.0 Å². The first-order valence-corrected chi connectivity index (χ1v) is 10.0. The Balaban J connectivity index is 1.32. The molecule has 3 atom stereocenters. The van der Waals surface area contributed by atoms with Gasteiger partial charge in [0.25, 0.3) is 0 Å². The molecule has 0 bridgehead atoms. The Morgan fingerprint density at radius 3 is 2.83 bits per heavy atom. The second kappa shape index (κ2) is 8.14. The van der Waals surface area contributed by atoms with Crippen LogP contribution in [0.3, 0.4) is 0 Å². The fraction of sp³-hybridized carbons (Fsp3) is 0.450. The number of nitrogens with two attached hydrogens (primary N) is 1. The molecule has 0 spiro atoms. The largest absolute Gasteiger partial charge is 0.477 e. The molecule has 0 aromatic carbocycles. The lowest BCUT2D eigenvalue weighted by Crippen LogP contribution is -2.45. The molecule has 4 rings (SSSR count). The van der Waals surface area contributed by atoms with Crippen LogP contribution >= 0.6 is 11.6 Å². The number of nitrogen functional groups attached to an aromatic ring is 1. The van der Waals surface area contributed by atoms with Gasteiger partial charge in [-0.05, 0) is 43.7 Å². The van der Waals surface area contributed by atoms with E-state index in [1.54, 1.807) is 18.2 Å². The van der Waals surface area contributed by atoms with E-state index in [-0.39, 0.29) is 12.0 Å². The number of hydrogen-bond acceptors (Lipinski definition) is 7. The van der Waals surface area contributed by atoms with Crippen molar-refractivity contribution in [1.29, 1.82) is 0 Å². The van der Waals surface area contributed by atoms with Crippen molar-refractivity contribution in [1.82, 2.24) is 19.5 Å². The van der Waals surface area contributed by atoms with Crippen LogP contribution in [0.1, 0.15) is 25.8 Å². The van der Waals surface area contributed by atoms with Gasteiger partial charge >= 0.3 is 0 Å². The Hall–Kier alpha value is -2.42. The highest BCUT2D eigenvalue weighted by atomic mass is 35.5. The van der Waals surface area contributed by atoms with Gasteiger partial charge in [-0.2, -0.15) is 0 Å². The lowest BCUT2D eigenvalue weighted by atomic mass is 9.70. The van der Waals surface area contributed by atoms with Crippen molar-refractivity contribution < 1.29 is 14.9 Å². The van der Waals surface area contributed by atoms with Crippen LogP contribution in [0.5, 0.6) is 5.88 Å². The van der Waals surface area contributed by atoms with E-state index in [1.807, 2.05) is 23.8 Å². The monoisotopic (exact) mass is 417 g/mol. The van der Waals surface area contributed by atoms with Gasteiger partial charge in [0.1, 0.15) is 29.0 Å². The molecule has 154 valence electrons. The molecule has 0 unspecified atom stereocenters. The van der Waals surface area contributed by atoms with Gasteiger partial charge in [-0.3, -0.25) is 0 Å². The molecule has 3 heterocycles. The molecule has 3 aromatic heterocycles. The third-order valence-corrected chi connectivity index (χ3v) is 5.95. The molecule has 8 nitrogen and oxygen atoms in total. The fourth-order valence-corrected chi connectivity index (χ4v) is 4.08. The minimum atomic E-state index is -0.928. The number of anilines is 1. The average molecular weight is 418 g/mol. The Morgan fingerprint density at radius 1 is 1.28 bits per heavy atom. The SMILES string of the molecule is C[C@H]([C@H](O)[C@H](O)C1CC(COc2cccc(Cl)n2)C1)n1ccc2c(N)ncnc21. The van der Waals surface area contributed by atoms with Gasteiger partial charge in [0, 0.05) is 12.3 Å². The Bertz CT molecular complexity index is 991. The highest BCUT2D eigenvalue weighted by Gasteiger charge is 2.39. The van der Waals surface area contributed by atoms with E-state index >= 15 is 0 Å². The van der Waals surface area contributed by atoms with E-state index in [4.69, 9.17) is 22.1 Å². The van der Waals surface area contributed by atoms with Crippen LogP contribution in [0.4, 0.5) is 5.82 Å². The number of ether oxygens (including phenoxy) is 1. The van der Waals surface area contributed by atoms with E-state index in [0.29, 0.717) is 35.0 Å². The van der Waals surface area contributed by atoms with Gasteiger partial charge in [-0.25, -0.2) is 15.0 Å². The summed E-state index contributed by atoms with van der Waals surface area (Å²) in [5.74, 6) is 1.23. The van der Waals surface area contributed by atoms with Gasteiger partial charge in [0.05, 0.1) is 24.1 Å². The van der Waals surface area contributed by atoms with Crippen LogP contribution in [-0.4, -0.2) is 48.5 Å². The van der Waals surface area contributed by atoms with Crippen molar-refractivity contribution in [2.24, 2.45) is 11.8 Å². The van der Waals surface area contributed by atoms with E-state index in [1.165, 1.54) is 6.33 Å². The fourth-order valence-electron chi connectivity index (χ4n) is 3.92. The number of aliphatic hydroxyl groups excluding tert-OH is 2. The number of hydrogen-bond donors (Lipinski definition) is 3. The van der Waals surface area contributed by atoms with Gasteiger partial charge in [0.2, 0.25) is 5.88 Å². The average Bonchev–Trinajstić information content (AvgIpc) is 3.11. The van der Waals surface area contributed by atoms with E-state index in [2.05, 4.69) is 15.0 Å². The topological polar surface area (TPSA) is 119 Å². The molecule has 0 aliphatic heterocycles. The van der Waals surface area contributed by atoms with Crippen molar-refractivity contribution in [3.63, 3.8) is 0 Å². The summed E-state index contributed by atoms with van der Waals surface area (Å²) in [4.78, 5) is 12.3. The molecule has 0 radical (unpaired) electrons. The highest BCUT2D eigenvalue weighted by Crippen LogP contribution is 2.39. The Kier molecular flexibility index (Phi) is 5.58. The standard InChI is InChI=1S/C20H24ClN5O3/c1-11(26-6-5-14-19(22)23-10-24-20(14)26)17(27)18(28)13-7-12(8-13)9-29-16-4-2-3-15(21)25-16/h2-6,10-13,17-18,27-28H,7-9H2,1H3,(H2,22,23,24)/t11-,12?,13?,17+,18-/m1/s1. The molecule has 4 N–H and O–H groups in total. The molecule has 29 heavy (non-hydrogen) atoms. The number of fused-ring (bicyclic) bond motifs is 1. The van der Waals surface area contributed by atoms with Crippen LogP contribution in [0.2, 0.25) is 5.15 Å². The first-order valence-electron chi connectivity index (χ1n) is 9.62. The summed E-state index contributed by atoms with van der Waals surface area (Å²) in [5.41, 5.74) is 6.52. The lowest BCUT2D eigenvalue weighted by molar-refractivity contribution is -0.0772. The van der Waals surface area contributed by atoms with Crippen LogP contribution in [0.15, 0.2) is 36.8 Å². The Morgan fingerprint density at radius 2 is 2.07 bits per heavy atom. The van der Waals surface area contributed by atoms with Crippen molar-refractivity contribution in [3.8, 4) is 5.88 Å². The molecule has 0 saturated heterocycles. The number of aliphatic hydroxyl groups is 2. The zero-order valence-corrected chi connectivity index (χ0v) is 16.8. The van der Waals surface area contributed by atoms with Crippen molar-refractivity contribution in [2.45, 2.75) is 38.0 Å². The number of aromatic nitrogens is 4. The van der Waals surface area contributed by atoms with Crippen LogP contribution in [-0.2, 0) is 0 Å². The molecule has 3 aromatic rings. The van der Waals surface area contributed by atoms with Crippen LogP contribution in [0, 0.1) is 11.8 Å². The molecular weight excluding hydrogens is 394 g/mol. The molecule has 1 fully saturated rings. The number of pyridine rings is 1. The first kappa shape index (κ1) is 19.9. The number of halogens is 1. The smallest absolute Gasteiger partial charge is 0.214 e. The maximum absolute atomic E-state index is 10.7. The van der Waals surface area contributed by atoms with Gasteiger partial charge < -0.3 is 25.3 Å². The quantitative estimate of drug-likeness (QED) is 0.505. The van der Waals surface area contributed by atoms with Gasteiger partial charge in [0.15, 0.2) is 0 Å². The van der Waals surface area contributed by atoms with Gasteiger partial charge in [-0.15, -0.1) is 0 Å². The molecule has 9 heteroatoms. The van der Waals surface area contributed by atoms with Crippen molar-refractivity contribution in [3.05, 3.63) is 41.9 Å². The molecular formula is C20H24ClN5O3. The zero-order valence-electron chi connectivity index (χ0n) is 16.0. The number of nitrogens with zero attached hydrogens (tertiary/aromatic N) is 4. The lowest BCUT2D eigenvalue weighted by Gasteiger charge is -2.40. The summed E-state index contributed by atoms with van der Waals surface area (Å²) in [7, 11) is 0. The van der Waals surface area contributed by atoms with Crippen LogP contribution < -0.4 is 10.5 Å². The van der Waals surface area contributed by atoms with E-state index in [0.717, 1.165) is 18.2 Å². The zero-order chi connectivity index (χ0) is 20.5. The molecule has 1 aliphatic rings. The third kappa shape index (κ3) is 4.01. The predicted molar refractivity (Wildman–Crippen MR) is 110 cm³/mol. The molecule has 1 aliphatic carbocycles. The maximum Gasteiger partial charge on any atom is 0.214 e. The summed E-state index contributed by atoms with van der Waals surface area (Å²) in [6, 6.07) is 6.71. The summed E-state index contributed by atoms with van der Waals surface area (Å²) in [6.07, 6.45) is 3.02. The summed E-state index contributed by atoms with van der Waals surface area (Å²) in [6.45, 7) is 2.37. The van der Waals surface area contributed by atoms with Gasteiger partial charge in [-0.1, -0.05) is 17.7 Å². The predicted octanol–water partition coefficient (Wildman–Crippen LogP) is 2.45. The normalized spacial score (nSPS) is 22.1. The summed E-state index contributed by atoms with van der Waals surface area (Å²) >= 11 is 5.86. The maximum atomic E-state index is 10.7. The van der Waals surface area contributed by atoms with Crippen molar-refractivity contribution >= 4 is 28.5 Å². The highest BCUT2D eigenvalue weighted by molar-refractivity contribution is 6.29. The minimum absolute atomic E-state index is 0.0230. The number of rotatable bonds is 7. The Labute approximate surface area is 173 Å². The van der Waals surface area contributed by atoms with Crippen molar-refractivity contribution in [2.75, 3.05) is 12.3 Å². The minimum Gasteiger partial charge on any atom is -0.477 e. The van der Waals surface area contributed by atoms with E-state index in [9.17, 15) is 10.2 Å². The molecule has 0 amide bonds. The third-order valence-electron chi connectivity index (χ3n) is 5.73. The summed E-state index contributed by atoms with van der Waals surface area (Å²) in [5, 5.41) is 22.6. The second-order valence-electron chi connectivity index (χ2n) is 7.65.